The number of aromatic nitrogens is 2. The van der Waals surface area contributed by atoms with E-state index in [1.165, 1.54) is 13.3 Å². The quantitative estimate of drug-likeness (QED) is 0.657. The maximum absolute atomic E-state index is 11.3. The Balaban J connectivity index is 2.54. The van der Waals surface area contributed by atoms with Crippen molar-refractivity contribution >= 4 is 17.2 Å². The van der Waals surface area contributed by atoms with Gasteiger partial charge in [0.1, 0.15) is 6.54 Å². The summed E-state index contributed by atoms with van der Waals surface area (Å²) in [4.78, 5) is 26.3. The number of carbonyl (C=O) groups is 1. The molecule has 0 bridgehead atoms. The van der Waals surface area contributed by atoms with Gasteiger partial charge in [0.2, 0.25) is 0 Å². The molecule has 2 heterocycles. The monoisotopic (exact) mass is 208 g/mol. The van der Waals surface area contributed by atoms with Gasteiger partial charge in [-0.05, 0) is 12.1 Å². The van der Waals surface area contributed by atoms with Gasteiger partial charge in [-0.25, -0.2) is 14.3 Å². The highest BCUT2D eigenvalue weighted by Crippen LogP contribution is 2.08. The molecule has 0 aliphatic carbocycles. The van der Waals surface area contributed by atoms with Crippen LogP contribution in [0, 0.1) is 0 Å². The topological polar surface area (TPSA) is 74.3 Å². The largest absolute Gasteiger partial charge is 0.468 e. The lowest BCUT2D eigenvalue weighted by atomic mass is 10.4. The fourth-order valence-corrected chi connectivity index (χ4v) is 1.23. The predicted molar refractivity (Wildman–Crippen MR) is 50.3 cm³/mol. The highest BCUT2D eigenvalue weighted by molar-refractivity contribution is 5.73. The summed E-state index contributed by atoms with van der Waals surface area (Å²) in [6, 6.07) is 3.26. The SMILES string of the molecule is COC(=O)Cn1c(=O)oc2cccnc21. The summed E-state index contributed by atoms with van der Waals surface area (Å²) in [5.74, 6) is -1.14. The zero-order valence-electron chi connectivity index (χ0n) is 7.97. The van der Waals surface area contributed by atoms with Crippen molar-refractivity contribution in [2.45, 2.75) is 6.54 Å². The van der Waals surface area contributed by atoms with E-state index in [0.717, 1.165) is 4.57 Å². The van der Waals surface area contributed by atoms with Crippen LogP contribution in [0.2, 0.25) is 0 Å². The Morgan fingerprint density at radius 1 is 1.67 bits per heavy atom. The van der Waals surface area contributed by atoms with Gasteiger partial charge in [-0.2, -0.15) is 0 Å². The van der Waals surface area contributed by atoms with Crippen LogP contribution in [0.25, 0.3) is 11.2 Å². The highest BCUT2D eigenvalue weighted by atomic mass is 16.5. The second kappa shape index (κ2) is 3.56. The van der Waals surface area contributed by atoms with Gasteiger partial charge in [0.25, 0.3) is 0 Å². The summed E-state index contributed by atoms with van der Waals surface area (Å²) in [6.45, 7) is -0.195. The number of rotatable bonds is 2. The summed E-state index contributed by atoms with van der Waals surface area (Å²) < 4.78 is 10.5. The number of carbonyl (C=O) groups excluding carboxylic acids is 1. The minimum absolute atomic E-state index is 0.195. The van der Waals surface area contributed by atoms with E-state index in [-0.39, 0.29) is 6.54 Å². The van der Waals surface area contributed by atoms with E-state index < -0.39 is 11.7 Å². The third kappa shape index (κ3) is 1.61. The summed E-state index contributed by atoms with van der Waals surface area (Å²) >= 11 is 0. The summed E-state index contributed by atoms with van der Waals surface area (Å²) in [6.07, 6.45) is 1.52. The molecule has 0 spiro atoms. The molecule has 2 aromatic rings. The Labute approximate surface area is 84.1 Å². The predicted octanol–water partition coefficient (Wildman–Crippen LogP) is 0.162. The van der Waals surface area contributed by atoms with Crippen LogP contribution in [0.1, 0.15) is 0 Å². The summed E-state index contributed by atoms with van der Waals surface area (Å²) in [5.41, 5.74) is 0.694. The zero-order valence-corrected chi connectivity index (χ0v) is 7.97. The third-order valence-electron chi connectivity index (χ3n) is 1.94. The Bertz CT molecular complexity index is 554. The molecule has 0 amide bonds. The molecule has 0 aromatic carbocycles. The first-order valence-corrected chi connectivity index (χ1v) is 4.23. The first kappa shape index (κ1) is 9.45. The molecule has 0 atom stereocenters. The van der Waals surface area contributed by atoms with Crippen LogP contribution < -0.4 is 5.76 Å². The fraction of sp³-hybridized carbons (Fsp3) is 0.222. The van der Waals surface area contributed by atoms with E-state index in [1.54, 1.807) is 12.1 Å². The van der Waals surface area contributed by atoms with Crippen molar-refractivity contribution in [3.8, 4) is 0 Å². The number of pyridine rings is 1. The molecule has 2 aromatic heterocycles. The summed E-state index contributed by atoms with van der Waals surface area (Å²) in [7, 11) is 1.25. The summed E-state index contributed by atoms with van der Waals surface area (Å²) in [5, 5.41) is 0. The van der Waals surface area contributed by atoms with E-state index in [4.69, 9.17) is 4.42 Å². The number of hydrogen-bond donors (Lipinski definition) is 0. The van der Waals surface area contributed by atoms with Gasteiger partial charge in [0.05, 0.1) is 7.11 Å². The number of hydrogen-bond acceptors (Lipinski definition) is 5. The Morgan fingerprint density at radius 3 is 3.20 bits per heavy atom. The third-order valence-corrected chi connectivity index (χ3v) is 1.94. The van der Waals surface area contributed by atoms with Crippen LogP contribution >= 0.6 is 0 Å². The molecule has 0 saturated heterocycles. The van der Waals surface area contributed by atoms with E-state index in [2.05, 4.69) is 9.72 Å². The number of nitrogens with zero attached hydrogens (tertiary/aromatic N) is 2. The van der Waals surface area contributed by atoms with E-state index in [1.807, 2.05) is 0 Å². The molecule has 0 fully saturated rings. The lowest BCUT2D eigenvalue weighted by Gasteiger charge is -1.98. The average molecular weight is 208 g/mol. The van der Waals surface area contributed by atoms with E-state index in [9.17, 15) is 9.59 Å². The second-order valence-corrected chi connectivity index (χ2v) is 2.86. The fourth-order valence-electron chi connectivity index (χ4n) is 1.23. The standard InChI is InChI=1S/C9H8N2O4/c1-14-7(12)5-11-8-6(15-9(11)13)3-2-4-10-8/h2-4H,5H2,1H3. The van der Waals surface area contributed by atoms with Crippen molar-refractivity contribution in [1.29, 1.82) is 0 Å². The van der Waals surface area contributed by atoms with Crippen molar-refractivity contribution in [1.82, 2.24) is 9.55 Å². The normalized spacial score (nSPS) is 10.5. The van der Waals surface area contributed by atoms with Gasteiger partial charge in [0, 0.05) is 6.20 Å². The van der Waals surface area contributed by atoms with Crippen LogP contribution in [0.15, 0.2) is 27.5 Å². The van der Waals surface area contributed by atoms with Crippen molar-refractivity contribution in [3.05, 3.63) is 28.9 Å². The Morgan fingerprint density at radius 2 is 2.47 bits per heavy atom. The minimum atomic E-state index is -0.617. The van der Waals surface area contributed by atoms with Gasteiger partial charge in [-0.1, -0.05) is 0 Å². The van der Waals surface area contributed by atoms with Gasteiger partial charge >= 0.3 is 11.7 Å². The molecular weight excluding hydrogens is 200 g/mol. The van der Waals surface area contributed by atoms with Crippen molar-refractivity contribution in [2.24, 2.45) is 0 Å². The molecule has 0 aliphatic heterocycles. The van der Waals surface area contributed by atoms with E-state index in [0.29, 0.717) is 11.2 Å². The van der Waals surface area contributed by atoms with Crippen LogP contribution in [-0.4, -0.2) is 22.6 Å². The van der Waals surface area contributed by atoms with Crippen LogP contribution in [-0.2, 0) is 16.1 Å². The van der Waals surface area contributed by atoms with Crippen LogP contribution in [0.4, 0.5) is 0 Å². The maximum atomic E-state index is 11.3. The Hall–Kier alpha value is -2.11. The van der Waals surface area contributed by atoms with Crippen molar-refractivity contribution in [2.75, 3.05) is 7.11 Å². The van der Waals surface area contributed by atoms with Gasteiger partial charge in [-0.3, -0.25) is 4.79 Å². The molecule has 0 unspecified atom stereocenters. The minimum Gasteiger partial charge on any atom is -0.468 e. The molecule has 6 heteroatoms. The van der Waals surface area contributed by atoms with Gasteiger partial charge in [0.15, 0.2) is 11.2 Å². The van der Waals surface area contributed by atoms with E-state index >= 15 is 0 Å². The molecule has 0 N–H and O–H groups in total. The lowest BCUT2D eigenvalue weighted by Crippen LogP contribution is -2.21. The molecule has 0 aliphatic rings. The second-order valence-electron chi connectivity index (χ2n) is 2.86. The molecule has 6 nitrogen and oxygen atoms in total. The molecule has 0 radical (unpaired) electrons. The Kier molecular flexibility index (Phi) is 2.24. The first-order valence-electron chi connectivity index (χ1n) is 4.23. The van der Waals surface area contributed by atoms with Crippen molar-refractivity contribution < 1.29 is 13.9 Å². The number of esters is 1. The number of methoxy groups -OCH3 is 1. The zero-order chi connectivity index (χ0) is 10.8. The van der Waals surface area contributed by atoms with Crippen LogP contribution in [0.5, 0.6) is 0 Å². The van der Waals surface area contributed by atoms with Crippen molar-refractivity contribution in [3.63, 3.8) is 0 Å². The number of fused-ring (bicyclic) bond motifs is 1. The molecule has 15 heavy (non-hydrogen) atoms. The van der Waals surface area contributed by atoms with Crippen LogP contribution in [0.3, 0.4) is 0 Å². The first-order chi connectivity index (χ1) is 7.22. The number of oxazole rings is 1. The number of ether oxygens (including phenoxy) is 1. The molecule has 0 saturated carbocycles. The highest BCUT2D eigenvalue weighted by Gasteiger charge is 2.12. The average Bonchev–Trinajstić information content (AvgIpc) is 2.55. The maximum Gasteiger partial charge on any atom is 0.421 e. The smallest absolute Gasteiger partial charge is 0.421 e. The molecule has 2 rings (SSSR count). The molecular formula is C9H8N2O4. The van der Waals surface area contributed by atoms with Gasteiger partial charge in [-0.15, -0.1) is 0 Å². The molecule has 78 valence electrons. The van der Waals surface area contributed by atoms with Gasteiger partial charge < -0.3 is 9.15 Å². The lowest BCUT2D eigenvalue weighted by molar-refractivity contribution is -0.141.